The number of nitrogens with zero attached hydrogens (tertiary/aromatic N) is 4. The van der Waals surface area contributed by atoms with Crippen molar-refractivity contribution in [1.29, 1.82) is 0 Å². The van der Waals surface area contributed by atoms with Gasteiger partial charge in [0.05, 0.1) is 12.6 Å². The fourth-order valence-electron chi connectivity index (χ4n) is 2.89. The summed E-state index contributed by atoms with van der Waals surface area (Å²) in [7, 11) is 0. The van der Waals surface area contributed by atoms with Crippen molar-refractivity contribution in [2.75, 3.05) is 24.5 Å². The maximum absolute atomic E-state index is 12.2. The Hall–Kier alpha value is -1.76. The van der Waals surface area contributed by atoms with E-state index < -0.39 is 5.60 Å². The largest absolute Gasteiger partial charge is 0.444 e. The lowest BCUT2D eigenvalue weighted by atomic mass is 10.2. The van der Waals surface area contributed by atoms with E-state index in [9.17, 15) is 9.59 Å². The summed E-state index contributed by atoms with van der Waals surface area (Å²) in [6.07, 6.45) is -0.313. The molecule has 0 spiro atoms. The van der Waals surface area contributed by atoms with Crippen LogP contribution in [0.25, 0.3) is 0 Å². The number of hydrogen-bond donors (Lipinski definition) is 0. The maximum Gasteiger partial charge on any atom is 0.410 e. The van der Waals surface area contributed by atoms with Crippen molar-refractivity contribution < 1.29 is 9.53 Å². The van der Waals surface area contributed by atoms with E-state index in [0.717, 1.165) is 5.82 Å². The van der Waals surface area contributed by atoms with Gasteiger partial charge < -0.3 is 14.5 Å². The van der Waals surface area contributed by atoms with Crippen LogP contribution in [0.15, 0.2) is 10.9 Å². The molecule has 2 aliphatic heterocycles. The molecule has 22 heavy (non-hydrogen) atoms. The molecule has 3 rings (SSSR count). The number of ether oxygens (including phenoxy) is 1. The molecule has 2 aliphatic rings. The van der Waals surface area contributed by atoms with Gasteiger partial charge in [0.2, 0.25) is 0 Å². The van der Waals surface area contributed by atoms with Gasteiger partial charge >= 0.3 is 11.8 Å². The second kappa shape index (κ2) is 5.15. The maximum atomic E-state index is 12.2. The van der Waals surface area contributed by atoms with Crippen molar-refractivity contribution >= 4 is 23.5 Å². The van der Waals surface area contributed by atoms with Crippen LogP contribution in [-0.4, -0.2) is 51.8 Å². The molecule has 1 atom stereocenters. The number of hydrogen-bond acceptors (Lipinski definition) is 5. The number of fused-ring (bicyclic) bond motifs is 3. The molecule has 0 saturated carbocycles. The number of carbonyl (C=O) groups excluding carboxylic acids is 1. The Balaban J connectivity index is 1.76. The molecule has 1 saturated heterocycles. The summed E-state index contributed by atoms with van der Waals surface area (Å²) in [5, 5.41) is 0.200. The van der Waals surface area contributed by atoms with E-state index in [4.69, 9.17) is 16.3 Å². The Morgan fingerprint density at radius 2 is 2.09 bits per heavy atom. The first kappa shape index (κ1) is 15.1. The zero-order chi connectivity index (χ0) is 16.1. The van der Waals surface area contributed by atoms with Crippen LogP contribution in [-0.2, 0) is 11.3 Å². The van der Waals surface area contributed by atoms with E-state index in [2.05, 4.69) is 9.88 Å². The first-order valence-electron chi connectivity index (χ1n) is 7.26. The molecule has 0 N–H and O–H groups in total. The second-order valence-electron chi connectivity index (χ2n) is 6.60. The number of anilines is 1. The average molecular weight is 327 g/mol. The number of piperazine rings is 1. The highest BCUT2D eigenvalue weighted by atomic mass is 35.5. The van der Waals surface area contributed by atoms with Crippen LogP contribution >= 0.6 is 11.6 Å². The molecule has 8 heteroatoms. The van der Waals surface area contributed by atoms with Gasteiger partial charge in [-0.1, -0.05) is 11.6 Å². The third-order valence-electron chi connectivity index (χ3n) is 3.78. The zero-order valence-electron chi connectivity index (χ0n) is 12.9. The van der Waals surface area contributed by atoms with Crippen molar-refractivity contribution in [3.05, 3.63) is 21.7 Å². The van der Waals surface area contributed by atoms with Gasteiger partial charge in [-0.3, -0.25) is 4.57 Å². The van der Waals surface area contributed by atoms with Gasteiger partial charge in [0, 0.05) is 25.7 Å². The van der Waals surface area contributed by atoms with E-state index in [0.29, 0.717) is 26.2 Å². The van der Waals surface area contributed by atoms with Crippen molar-refractivity contribution in [3.63, 3.8) is 0 Å². The lowest BCUT2D eigenvalue weighted by molar-refractivity contribution is 0.0216. The minimum atomic E-state index is -0.513. The summed E-state index contributed by atoms with van der Waals surface area (Å²) in [4.78, 5) is 31.6. The summed E-state index contributed by atoms with van der Waals surface area (Å²) in [6.45, 7) is 7.77. The average Bonchev–Trinajstić information content (AvgIpc) is 2.75. The lowest BCUT2D eigenvalue weighted by Crippen LogP contribution is -2.54. The normalized spacial score (nSPS) is 20.6. The third-order valence-corrected chi connectivity index (χ3v) is 3.97. The van der Waals surface area contributed by atoms with E-state index >= 15 is 0 Å². The molecule has 1 aromatic heterocycles. The Kier molecular flexibility index (Phi) is 3.55. The first-order valence-corrected chi connectivity index (χ1v) is 7.64. The Morgan fingerprint density at radius 3 is 2.77 bits per heavy atom. The molecule has 120 valence electrons. The monoisotopic (exact) mass is 326 g/mol. The molecule has 1 amide bonds. The molecule has 3 heterocycles. The molecule has 1 fully saturated rings. The van der Waals surface area contributed by atoms with E-state index in [1.165, 1.54) is 0 Å². The van der Waals surface area contributed by atoms with Crippen molar-refractivity contribution in [2.24, 2.45) is 0 Å². The molecule has 0 aliphatic carbocycles. The molecule has 0 bridgehead atoms. The van der Waals surface area contributed by atoms with Gasteiger partial charge in [0.1, 0.15) is 16.6 Å². The van der Waals surface area contributed by atoms with Crippen LogP contribution < -0.4 is 10.6 Å². The smallest absolute Gasteiger partial charge is 0.410 e. The molecule has 7 nitrogen and oxygen atoms in total. The predicted octanol–water partition coefficient (Wildman–Crippen LogP) is 1.34. The van der Waals surface area contributed by atoms with Crippen LogP contribution in [0.4, 0.5) is 10.6 Å². The Labute approximate surface area is 133 Å². The lowest BCUT2D eigenvalue weighted by Gasteiger charge is -2.38. The van der Waals surface area contributed by atoms with Crippen molar-refractivity contribution in [1.82, 2.24) is 14.5 Å². The standard InChI is InChI=1S/C14H19ClN4O3/c1-14(2,3)22-13(21)17-4-5-18-9(7-17)8-19-11(18)6-10(15)16-12(19)20/h6,9H,4-5,7-8H2,1-3H3. The fourth-order valence-corrected chi connectivity index (χ4v) is 3.06. The summed E-state index contributed by atoms with van der Waals surface area (Å²) in [5.74, 6) is 0.777. The molecule has 0 radical (unpaired) electrons. The Morgan fingerprint density at radius 1 is 1.36 bits per heavy atom. The predicted molar refractivity (Wildman–Crippen MR) is 82.4 cm³/mol. The van der Waals surface area contributed by atoms with Crippen molar-refractivity contribution in [2.45, 2.75) is 39.0 Å². The van der Waals surface area contributed by atoms with Gasteiger partial charge in [0.15, 0.2) is 0 Å². The van der Waals surface area contributed by atoms with Gasteiger partial charge in [-0.2, -0.15) is 4.98 Å². The summed E-state index contributed by atoms with van der Waals surface area (Å²) < 4.78 is 7.02. The quantitative estimate of drug-likeness (QED) is 0.673. The Bertz CT molecular complexity index is 667. The highest BCUT2D eigenvalue weighted by Gasteiger charge is 2.37. The van der Waals surface area contributed by atoms with Crippen LogP contribution in [0.2, 0.25) is 5.15 Å². The van der Waals surface area contributed by atoms with Crippen LogP contribution in [0.5, 0.6) is 0 Å². The fraction of sp³-hybridized carbons (Fsp3) is 0.643. The van der Waals surface area contributed by atoms with Gasteiger partial charge in [-0.25, -0.2) is 9.59 Å². The van der Waals surface area contributed by atoms with E-state index in [1.807, 2.05) is 20.8 Å². The summed E-state index contributed by atoms with van der Waals surface area (Å²) in [5.41, 5.74) is -0.859. The topological polar surface area (TPSA) is 67.7 Å². The van der Waals surface area contributed by atoms with Gasteiger partial charge in [0.25, 0.3) is 0 Å². The number of amides is 1. The first-order chi connectivity index (χ1) is 10.2. The van der Waals surface area contributed by atoms with E-state index in [1.54, 1.807) is 15.5 Å². The minimum Gasteiger partial charge on any atom is -0.444 e. The number of carbonyl (C=O) groups is 1. The number of halogens is 1. The third kappa shape index (κ3) is 2.77. The van der Waals surface area contributed by atoms with Gasteiger partial charge in [-0.15, -0.1) is 0 Å². The molecular formula is C14H19ClN4O3. The SMILES string of the molecule is CC(C)(C)OC(=O)N1CCN2c3cc(Cl)nc(=O)n3CC2C1. The molecule has 1 unspecified atom stereocenters. The summed E-state index contributed by atoms with van der Waals surface area (Å²) >= 11 is 5.88. The molecular weight excluding hydrogens is 308 g/mol. The number of rotatable bonds is 0. The highest BCUT2D eigenvalue weighted by Crippen LogP contribution is 2.28. The zero-order valence-corrected chi connectivity index (χ0v) is 13.6. The van der Waals surface area contributed by atoms with Crippen LogP contribution in [0, 0.1) is 0 Å². The molecule has 1 aromatic rings. The van der Waals surface area contributed by atoms with Crippen LogP contribution in [0.1, 0.15) is 20.8 Å². The highest BCUT2D eigenvalue weighted by molar-refractivity contribution is 6.29. The van der Waals surface area contributed by atoms with E-state index in [-0.39, 0.29) is 23.0 Å². The second-order valence-corrected chi connectivity index (χ2v) is 6.99. The summed E-state index contributed by atoms with van der Waals surface area (Å²) in [6, 6.07) is 1.75. The minimum absolute atomic E-state index is 0.0502. The van der Waals surface area contributed by atoms with Gasteiger partial charge in [-0.05, 0) is 20.8 Å². The van der Waals surface area contributed by atoms with Crippen molar-refractivity contribution in [3.8, 4) is 0 Å². The number of aromatic nitrogens is 2. The molecule has 0 aromatic carbocycles. The van der Waals surface area contributed by atoms with Crippen LogP contribution in [0.3, 0.4) is 0 Å².